The molecule has 1 fully saturated rings. The summed E-state index contributed by atoms with van der Waals surface area (Å²) >= 11 is 0. The first-order chi connectivity index (χ1) is 7.41. The Bertz CT molecular complexity index is 205. The van der Waals surface area contributed by atoms with Crippen LogP contribution < -0.4 is 0 Å². The summed E-state index contributed by atoms with van der Waals surface area (Å²) in [5.74, 6) is 0. The molecule has 0 spiro atoms. The summed E-state index contributed by atoms with van der Waals surface area (Å²) in [6, 6.07) is 0. The minimum atomic E-state index is -0.601. The lowest BCUT2D eigenvalue weighted by atomic mass is 10.1. The van der Waals surface area contributed by atoms with Crippen molar-refractivity contribution in [2.45, 2.75) is 71.2 Å². The molecular formula is C12H24O4. The number of rotatable bonds is 5. The van der Waals surface area contributed by atoms with E-state index < -0.39 is 6.10 Å². The van der Waals surface area contributed by atoms with Crippen molar-refractivity contribution in [3.8, 4) is 0 Å². The van der Waals surface area contributed by atoms with Crippen LogP contribution in [0.3, 0.4) is 0 Å². The Morgan fingerprint density at radius 3 is 2.31 bits per heavy atom. The summed E-state index contributed by atoms with van der Waals surface area (Å²) in [5.41, 5.74) is 0. The van der Waals surface area contributed by atoms with Crippen molar-refractivity contribution in [2.75, 3.05) is 6.61 Å². The highest BCUT2D eigenvalue weighted by Crippen LogP contribution is 2.25. The number of hydrogen-bond donors (Lipinski definition) is 1. The lowest BCUT2D eigenvalue weighted by Crippen LogP contribution is -2.37. The van der Waals surface area contributed by atoms with E-state index in [1.807, 2.05) is 34.6 Å². The van der Waals surface area contributed by atoms with Gasteiger partial charge in [0.15, 0.2) is 0 Å². The normalized spacial score (nSPS) is 35.2. The zero-order valence-electron chi connectivity index (χ0n) is 10.8. The van der Waals surface area contributed by atoms with E-state index >= 15 is 0 Å². The zero-order chi connectivity index (χ0) is 12.3. The standard InChI is InChI=1S/C12H24O4/c1-7(2)14-6-10-11(13)12(9(5)16-10)15-8(3)4/h7-13H,6H2,1-5H3/t9-,10+,11-,12?/m0/s1. The third-order valence-electron chi connectivity index (χ3n) is 2.59. The Morgan fingerprint density at radius 2 is 1.81 bits per heavy atom. The van der Waals surface area contributed by atoms with E-state index in [-0.39, 0.29) is 30.5 Å². The molecule has 1 rings (SSSR count). The molecule has 4 heteroatoms. The molecule has 0 amide bonds. The molecule has 0 aromatic carbocycles. The van der Waals surface area contributed by atoms with E-state index in [4.69, 9.17) is 14.2 Å². The van der Waals surface area contributed by atoms with Crippen LogP contribution in [0, 0.1) is 0 Å². The average molecular weight is 232 g/mol. The van der Waals surface area contributed by atoms with Gasteiger partial charge in [0, 0.05) is 0 Å². The first-order valence-corrected chi connectivity index (χ1v) is 6.02. The second-order valence-corrected chi connectivity index (χ2v) is 4.90. The van der Waals surface area contributed by atoms with Crippen LogP contribution in [-0.2, 0) is 14.2 Å². The minimum absolute atomic E-state index is 0.0850. The molecule has 0 saturated carbocycles. The van der Waals surface area contributed by atoms with Crippen LogP contribution in [-0.4, -0.2) is 48.3 Å². The van der Waals surface area contributed by atoms with E-state index in [2.05, 4.69) is 0 Å². The summed E-state index contributed by atoms with van der Waals surface area (Å²) in [7, 11) is 0. The van der Waals surface area contributed by atoms with Gasteiger partial charge in [0.1, 0.15) is 18.3 Å². The molecule has 0 bridgehead atoms. The molecule has 1 aliphatic rings. The van der Waals surface area contributed by atoms with Crippen LogP contribution in [0.5, 0.6) is 0 Å². The van der Waals surface area contributed by atoms with Crippen LogP contribution in [0.1, 0.15) is 34.6 Å². The summed E-state index contributed by atoms with van der Waals surface area (Å²) in [6.07, 6.45) is -0.970. The van der Waals surface area contributed by atoms with E-state index in [9.17, 15) is 5.11 Å². The maximum absolute atomic E-state index is 10.1. The lowest BCUT2D eigenvalue weighted by Gasteiger charge is -2.21. The van der Waals surface area contributed by atoms with Gasteiger partial charge in [-0.3, -0.25) is 0 Å². The van der Waals surface area contributed by atoms with Gasteiger partial charge in [-0.15, -0.1) is 0 Å². The Kier molecular flexibility index (Phi) is 5.18. The summed E-state index contributed by atoms with van der Waals surface area (Å²) in [6.45, 7) is 10.2. The number of aliphatic hydroxyl groups is 1. The fraction of sp³-hybridized carbons (Fsp3) is 1.00. The number of hydrogen-bond acceptors (Lipinski definition) is 4. The molecule has 0 aromatic rings. The molecule has 1 unspecified atom stereocenters. The van der Waals surface area contributed by atoms with E-state index in [1.165, 1.54) is 0 Å². The molecule has 0 aromatic heterocycles. The Hall–Kier alpha value is -0.160. The Labute approximate surface area is 97.9 Å². The van der Waals surface area contributed by atoms with Crippen LogP contribution >= 0.6 is 0 Å². The van der Waals surface area contributed by atoms with Crippen molar-refractivity contribution in [3.63, 3.8) is 0 Å². The monoisotopic (exact) mass is 232 g/mol. The Balaban J connectivity index is 2.46. The second kappa shape index (κ2) is 5.96. The molecule has 0 aliphatic carbocycles. The maximum atomic E-state index is 10.1. The third-order valence-corrected chi connectivity index (χ3v) is 2.59. The van der Waals surface area contributed by atoms with Gasteiger partial charge in [0.2, 0.25) is 0 Å². The van der Waals surface area contributed by atoms with Crippen molar-refractivity contribution in [1.29, 1.82) is 0 Å². The Morgan fingerprint density at radius 1 is 1.19 bits per heavy atom. The van der Waals surface area contributed by atoms with Crippen molar-refractivity contribution >= 4 is 0 Å². The molecule has 16 heavy (non-hydrogen) atoms. The minimum Gasteiger partial charge on any atom is -0.387 e. The van der Waals surface area contributed by atoms with Crippen LogP contribution in [0.4, 0.5) is 0 Å². The molecule has 1 aliphatic heterocycles. The largest absolute Gasteiger partial charge is 0.387 e. The van der Waals surface area contributed by atoms with Crippen molar-refractivity contribution in [2.24, 2.45) is 0 Å². The van der Waals surface area contributed by atoms with Crippen LogP contribution in [0.2, 0.25) is 0 Å². The SMILES string of the molecule is CC(C)OC[C@H]1O[C@@H](C)C(OC(C)C)[C@H]1O. The fourth-order valence-electron chi connectivity index (χ4n) is 1.85. The lowest BCUT2D eigenvalue weighted by molar-refractivity contribution is -0.0640. The average Bonchev–Trinajstić information content (AvgIpc) is 2.42. The molecule has 0 radical (unpaired) electrons. The smallest absolute Gasteiger partial charge is 0.112 e. The first kappa shape index (κ1) is 13.9. The number of ether oxygens (including phenoxy) is 3. The predicted molar refractivity (Wildman–Crippen MR) is 61.4 cm³/mol. The summed E-state index contributed by atoms with van der Waals surface area (Å²) < 4.78 is 16.7. The topological polar surface area (TPSA) is 47.9 Å². The van der Waals surface area contributed by atoms with Crippen molar-refractivity contribution in [3.05, 3.63) is 0 Å². The summed E-state index contributed by atoms with van der Waals surface area (Å²) in [4.78, 5) is 0. The second-order valence-electron chi connectivity index (χ2n) is 4.90. The molecule has 4 atom stereocenters. The van der Waals surface area contributed by atoms with Crippen molar-refractivity contribution in [1.82, 2.24) is 0 Å². The van der Waals surface area contributed by atoms with E-state index in [0.29, 0.717) is 6.61 Å². The van der Waals surface area contributed by atoms with Crippen LogP contribution in [0.15, 0.2) is 0 Å². The van der Waals surface area contributed by atoms with Gasteiger partial charge < -0.3 is 19.3 Å². The van der Waals surface area contributed by atoms with Crippen molar-refractivity contribution < 1.29 is 19.3 Å². The van der Waals surface area contributed by atoms with Gasteiger partial charge in [-0.1, -0.05) is 0 Å². The predicted octanol–water partition coefficient (Wildman–Crippen LogP) is 1.35. The van der Waals surface area contributed by atoms with E-state index in [1.54, 1.807) is 0 Å². The molecular weight excluding hydrogens is 208 g/mol. The molecule has 1 N–H and O–H groups in total. The third kappa shape index (κ3) is 3.70. The highest BCUT2D eigenvalue weighted by molar-refractivity contribution is 4.90. The highest BCUT2D eigenvalue weighted by Gasteiger charge is 2.42. The van der Waals surface area contributed by atoms with E-state index in [0.717, 1.165) is 0 Å². The van der Waals surface area contributed by atoms with Gasteiger partial charge in [-0.05, 0) is 34.6 Å². The van der Waals surface area contributed by atoms with Gasteiger partial charge in [-0.25, -0.2) is 0 Å². The molecule has 4 nitrogen and oxygen atoms in total. The fourth-order valence-corrected chi connectivity index (χ4v) is 1.85. The summed E-state index contributed by atoms with van der Waals surface area (Å²) in [5, 5.41) is 10.1. The van der Waals surface area contributed by atoms with Gasteiger partial charge in [0.05, 0.1) is 24.9 Å². The van der Waals surface area contributed by atoms with Gasteiger partial charge in [0.25, 0.3) is 0 Å². The molecule has 1 saturated heterocycles. The highest BCUT2D eigenvalue weighted by atomic mass is 16.6. The quantitative estimate of drug-likeness (QED) is 0.777. The number of aliphatic hydroxyl groups excluding tert-OH is 1. The van der Waals surface area contributed by atoms with Gasteiger partial charge >= 0.3 is 0 Å². The van der Waals surface area contributed by atoms with Gasteiger partial charge in [-0.2, -0.15) is 0 Å². The molecule has 96 valence electrons. The van der Waals surface area contributed by atoms with Crippen LogP contribution in [0.25, 0.3) is 0 Å². The first-order valence-electron chi connectivity index (χ1n) is 6.02. The zero-order valence-corrected chi connectivity index (χ0v) is 10.8. The molecule has 1 heterocycles. The maximum Gasteiger partial charge on any atom is 0.112 e.